The number of carbonyl (C=O) groups is 2. The Morgan fingerprint density at radius 3 is 2.44 bits per heavy atom. The van der Waals surface area contributed by atoms with Gasteiger partial charge >= 0.3 is 0 Å². The summed E-state index contributed by atoms with van der Waals surface area (Å²) in [5.74, 6) is -0.207. The second-order valence-corrected chi connectivity index (χ2v) is 13.0. The number of benzene rings is 1. The molecule has 1 aliphatic rings. The van der Waals surface area contributed by atoms with Crippen LogP contribution in [0.15, 0.2) is 46.6 Å². The Kier molecular flexibility index (Phi) is 7.03. The molecule has 0 aromatic heterocycles. The van der Waals surface area contributed by atoms with Crippen molar-refractivity contribution in [2.75, 3.05) is 6.61 Å². The molecule has 6 heteroatoms. The summed E-state index contributed by atoms with van der Waals surface area (Å²) in [6.45, 7) is 11.5. The van der Waals surface area contributed by atoms with Crippen LogP contribution in [0.2, 0.25) is 18.1 Å². The van der Waals surface area contributed by atoms with E-state index in [4.69, 9.17) is 9.16 Å². The van der Waals surface area contributed by atoms with E-state index in [1.807, 2.05) is 30.3 Å². The standard InChI is InChI=1S/C21H29NO4Si/c1-21(2,3)27(4,5)26-12-11-17-18(14-23)22-13-19(20(17)24)25-15-16-9-7-6-8-10-16/h6-10,13-14,19H,11-12,15H2,1-5H3. The fourth-order valence-corrected chi connectivity index (χ4v) is 3.49. The van der Waals surface area contributed by atoms with Crippen LogP contribution >= 0.6 is 0 Å². The normalized spacial score (nSPS) is 18.1. The van der Waals surface area contributed by atoms with Gasteiger partial charge in [-0.3, -0.25) is 14.6 Å². The average molecular weight is 388 g/mol. The first-order valence-corrected chi connectivity index (χ1v) is 12.1. The summed E-state index contributed by atoms with van der Waals surface area (Å²) >= 11 is 0. The molecule has 27 heavy (non-hydrogen) atoms. The smallest absolute Gasteiger partial charge is 0.195 e. The SMILES string of the molecule is CC(C)(C)[Si](C)(C)OCCC1=C(C=O)N=CC(OCc2ccccc2)C1=O. The monoisotopic (exact) mass is 387 g/mol. The minimum Gasteiger partial charge on any atom is -0.416 e. The van der Waals surface area contributed by atoms with E-state index in [-0.39, 0.29) is 16.5 Å². The van der Waals surface area contributed by atoms with Crippen LogP contribution in [0, 0.1) is 0 Å². The molecule has 0 N–H and O–H groups in total. The van der Waals surface area contributed by atoms with Gasteiger partial charge in [-0.1, -0.05) is 51.1 Å². The van der Waals surface area contributed by atoms with E-state index < -0.39 is 14.4 Å². The first kappa shape index (κ1) is 21.4. The van der Waals surface area contributed by atoms with Crippen molar-refractivity contribution in [3.05, 3.63) is 47.2 Å². The summed E-state index contributed by atoms with van der Waals surface area (Å²) < 4.78 is 11.9. The summed E-state index contributed by atoms with van der Waals surface area (Å²) in [5.41, 5.74) is 1.55. The molecular weight excluding hydrogens is 358 g/mol. The molecular formula is C21H29NO4Si. The Morgan fingerprint density at radius 1 is 1.19 bits per heavy atom. The number of aliphatic imine (C=N–C) groups is 1. The molecule has 1 aromatic carbocycles. The molecule has 1 atom stereocenters. The minimum atomic E-state index is -1.91. The maximum atomic E-state index is 12.8. The molecule has 2 rings (SSSR count). The lowest BCUT2D eigenvalue weighted by atomic mass is 9.99. The zero-order chi connectivity index (χ0) is 20.1. The van der Waals surface area contributed by atoms with Gasteiger partial charge in [0.05, 0.1) is 6.61 Å². The van der Waals surface area contributed by atoms with Gasteiger partial charge in [-0.2, -0.15) is 0 Å². The van der Waals surface area contributed by atoms with Crippen LogP contribution in [0.1, 0.15) is 32.8 Å². The molecule has 0 fully saturated rings. The van der Waals surface area contributed by atoms with Gasteiger partial charge in [0.15, 0.2) is 26.5 Å². The van der Waals surface area contributed by atoms with Crippen LogP contribution in [-0.4, -0.2) is 39.3 Å². The van der Waals surface area contributed by atoms with Gasteiger partial charge in [-0.15, -0.1) is 0 Å². The number of rotatable bonds is 8. The fourth-order valence-electron chi connectivity index (χ4n) is 2.45. The van der Waals surface area contributed by atoms with Crippen molar-refractivity contribution in [1.29, 1.82) is 0 Å². The lowest BCUT2D eigenvalue weighted by Crippen LogP contribution is -2.41. The topological polar surface area (TPSA) is 65.0 Å². The van der Waals surface area contributed by atoms with Gasteiger partial charge in [0.2, 0.25) is 0 Å². The van der Waals surface area contributed by atoms with Crippen LogP contribution in [-0.2, 0) is 25.4 Å². The highest BCUT2D eigenvalue weighted by Crippen LogP contribution is 2.36. The van der Waals surface area contributed by atoms with E-state index in [9.17, 15) is 9.59 Å². The maximum absolute atomic E-state index is 12.8. The number of hydrogen-bond acceptors (Lipinski definition) is 5. The van der Waals surface area contributed by atoms with Crippen LogP contribution in [0.5, 0.6) is 0 Å². The van der Waals surface area contributed by atoms with E-state index in [0.29, 0.717) is 31.5 Å². The number of ether oxygens (including phenoxy) is 1. The van der Waals surface area contributed by atoms with Crippen molar-refractivity contribution in [1.82, 2.24) is 0 Å². The number of allylic oxidation sites excluding steroid dienone is 1. The zero-order valence-electron chi connectivity index (χ0n) is 16.8. The van der Waals surface area contributed by atoms with Crippen LogP contribution in [0.4, 0.5) is 0 Å². The number of carbonyl (C=O) groups excluding carboxylic acids is 2. The van der Waals surface area contributed by atoms with Gasteiger partial charge in [-0.25, -0.2) is 0 Å². The summed E-state index contributed by atoms with van der Waals surface area (Å²) in [6, 6.07) is 9.64. The molecule has 0 bridgehead atoms. The second-order valence-electron chi connectivity index (χ2n) is 8.20. The molecule has 0 spiro atoms. The third kappa shape index (κ3) is 5.54. The minimum absolute atomic E-state index is 0.0882. The number of ketones is 1. The van der Waals surface area contributed by atoms with E-state index in [0.717, 1.165) is 5.56 Å². The Balaban J connectivity index is 2.01. The molecule has 1 aliphatic heterocycles. The summed E-state index contributed by atoms with van der Waals surface area (Å²) in [7, 11) is -1.91. The fraction of sp³-hybridized carbons (Fsp3) is 0.476. The predicted octanol–water partition coefficient (Wildman–Crippen LogP) is 4.09. The molecule has 0 saturated carbocycles. The molecule has 1 unspecified atom stereocenters. The Bertz CT molecular complexity index is 732. The quantitative estimate of drug-likeness (QED) is 0.498. The van der Waals surface area contributed by atoms with Crippen LogP contribution in [0.3, 0.4) is 0 Å². The van der Waals surface area contributed by atoms with Crippen molar-refractivity contribution >= 4 is 26.6 Å². The second kappa shape index (κ2) is 8.86. The van der Waals surface area contributed by atoms with Crippen molar-refractivity contribution in [2.24, 2.45) is 4.99 Å². The number of nitrogens with zero attached hydrogens (tertiary/aromatic N) is 1. The molecule has 0 aliphatic carbocycles. The highest BCUT2D eigenvalue weighted by Gasteiger charge is 2.37. The molecule has 1 aromatic rings. The highest BCUT2D eigenvalue weighted by atomic mass is 28.4. The Labute approximate surface area is 162 Å². The van der Waals surface area contributed by atoms with E-state index in [1.165, 1.54) is 6.21 Å². The van der Waals surface area contributed by atoms with Crippen molar-refractivity contribution in [3.8, 4) is 0 Å². The molecule has 0 radical (unpaired) electrons. The number of aldehydes is 1. The summed E-state index contributed by atoms with van der Waals surface area (Å²) in [6.07, 6.45) is 1.63. The molecule has 146 valence electrons. The Morgan fingerprint density at radius 2 is 1.85 bits per heavy atom. The van der Waals surface area contributed by atoms with Gasteiger partial charge < -0.3 is 9.16 Å². The third-order valence-electron chi connectivity index (χ3n) is 5.22. The van der Waals surface area contributed by atoms with Crippen LogP contribution in [0.25, 0.3) is 0 Å². The van der Waals surface area contributed by atoms with Gasteiger partial charge in [0.25, 0.3) is 0 Å². The first-order chi connectivity index (χ1) is 12.7. The molecule has 5 nitrogen and oxygen atoms in total. The van der Waals surface area contributed by atoms with Gasteiger partial charge in [-0.05, 0) is 23.7 Å². The van der Waals surface area contributed by atoms with E-state index in [2.05, 4.69) is 38.9 Å². The van der Waals surface area contributed by atoms with E-state index in [1.54, 1.807) is 0 Å². The van der Waals surface area contributed by atoms with E-state index >= 15 is 0 Å². The van der Waals surface area contributed by atoms with Crippen LogP contribution < -0.4 is 0 Å². The largest absolute Gasteiger partial charge is 0.416 e. The number of hydrogen-bond donors (Lipinski definition) is 0. The highest BCUT2D eigenvalue weighted by molar-refractivity contribution is 6.74. The molecule has 1 heterocycles. The lowest BCUT2D eigenvalue weighted by Gasteiger charge is -2.36. The van der Waals surface area contributed by atoms with Crippen molar-refractivity contribution in [3.63, 3.8) is 0 Å². The van der Waals surface area contributed by atoms with Crippen molar-refractivity contribution in [2.45, 2.75) is 58.0 Å². The van der Waals surface area contributed by atoms with Gasteiger partial charge in [0.1, 0.15) is 5.70 Å². The Hall–Kier alpha value is -1.89. The average Bonchev–Trinajstić information content (AvgIpc) is 2.61. The summed E-state index contributed by atoms with van der Waals surface area (Å²) in [5, 5.41) is 0.0882. The van der Waals surface area contributed by atoms with Crippen molar-refractivity contribution < 1.29 is 18.8 Å². The molecule has 0 amide bonds. The number of Topliss-reactive ketones (excluding diaryl/α,β-unsaturated/α-hetero) is 1. The summed E-state index contributed by atoms with van der Waals surface area (Å²) in [4.78, 5) is 28.2. The lowest BCUT2D eigenvalue weighted by molar-refractivity contribution is -0.124. The predicted molar refractivity (Wildman–Crippen MR) is 109 cm³/mol. The molecule has 0 saturated heterocycles. The first-order valence-electron chi connectivity index (χ1n) is 9.22. The zero-order valence-corrected chi connectivity index (χ0v) is 17.8. The van der Waals surface area contributed by atoms with Gasteiger partial charge in [0, 0.05) is 24.8 Å². The third-order valence-corrected chi connectivity index (χ3v) is 9.76. The maximum Gasteiger partial charge on any atom is 0.195 e.